The number of ether oxygens (including phenoxy) is 1. The highest BCUT2D eigenvalue weighted by Gasteiger charge is 1.97. The lowest BCUT2D eigenvalue weighted by atomic mass is 10.3. The molecule has 0 aliphatic heterocycles. The molecule has 0 saturated heterocycles. The van der Waals surface area contributed by atoms with Crippen molar-refractivity contribution >= 4 is 35.0 Å². The number of benzene rings is 1. The molecule has 0 spiro atoms. The van der Waals surface area contributed by atoms with Crippen molar-refractivity contribution in [2.45, 2.75) is 0 Å². The van der Waals surface area contributed by atoms with E-state index in [1.165, 1.54) is 0 Å². The van der Waals surface area contributed by atoms with Crippen LogP contribution >= 0.6 is 35.0 Å². The van der Waals surface area contributed by atoms with Crippen LogP contribution in [-0.4, -0.2) is 12.2 Å². The molecule has 0 atom stereocenters. The Morgan fingerprint density at radius 3 is 2.33 bits per heavy atom. The van der Waals surface area contributed by atoms with Gasteiger partial charge in [-0.1, -0.05) is 23.2 Å². The number of hydrogen-bond acceptors (Lipinski definition) is 2. The van der Waals surface area contributed by atoms with Gasteiger partial charge in [-0.3, -0.25) is 0 Å². The second-order valence-corrected chi connectivity index (χ2v) is 3.84. The predicted octanol–water partition coefficient (Wildman–Crippen LogP) is 3.69. The smallest absolute Gasteiger partial charge is 0.133 e. The van der Waals surface area contributed by atoms with E-state index in [1.807, 2.05) is 6.26 Å². The average molecular weight is 223 g/mol. The molecule has 0 radical (unpaired) electrons. The minimum atomic E-state index is 0.596. The first-order chi connectivity index (χ1) is 5.72. The summed E-state index contributed by atoms with van der Waals surface area (Å²) in [6.07, 6.45) is 1.96. The highest BCUT2D eigenvalue weighted by molar-refractivity contribution is 7.98. The van der Waals surface area contributed by atoms with Gasteiger partial charge in [-0.2, -0.15) is 0 Å². The van der Waals surface area contributed by atoms with E-state index in [4.69, 9.17) is 27.9 Å². The molecule has 0 fully saturated rings. The van der Waals surface area contributed by atoms with Crippen LogP contribution in [0, 0.1) is 0 Å². The molecule has 4 heteroatoms. The molecule has 1 aromatic rings. The van der Waals surface area contributed by atoms with Gasteiger partial charge in [0.15, 0.2) is 0 Å². The lowest BCUT2D eigenvalue weighted by molar-refractivity contribution is 0.393. The lowest BCUT2D eigenvalue weighted by Gasteiger charge is -2.04. The van der Waals surface area contributed by atoms with Crippen molar-refractivity contribution in [2.24, 2.45) is 0 Å². The van der Waals surface area contributed by atoms with Gasteiger partial charge < -0.3 is 4.74 Å². The van der Waals surface area contributed by atoms with Crippen molar-refractivity contribution in [2.75, 3.05) is 12.2 Å². The topological polar surface area (TPSA) is 9.23 Å². The van der Waals surface area contributed by atoms with Crippen LogP contribution in [0.2, 0.25) is 10.0 Å². The van der Waals surface area contributed by atoms with Crippen LogP contribution in [0.15, 0.2) is 18.2 Å². The summed E-state index contributed by atoms with van der Waals surface area (Å²) < 4.78 is 5.31. The summed E-state index contributed by atoms with van der Waals surface area (Å²) in [6.45, 7) is 0. The van der Waals surface area contributed by atoms with Crippen molar-refractivity contribution in [1.29, 1.82) is 0 Å². The minimum Gasteiger partial charge on any atom is -0.483 e. The number of halogens is 2. The third kappa shape index (κ3) is 3.13. The van der Waals surface area contributed by atoms with E-state index in [0.29, 0.717) is 21.7 Å². The maximum atomic E-state index is 5.76. The molecule has 12 heavy (non-hydrogen) atoms. The quantitative estimate of drug-likeness (QED) is 0.722. The SMILES string of the molecule is CSCOc1cc(Cl)cc(Cl)c1. The Balaban J connectivity index is 2.72. The van der Waals surface area contributed by atoms with Gasteiger partial charge in [0.2, 0.25) is 0 Å². The summed E-state index contributed by atoms with van der Waals surface area (Å²) in [7, 11) is 0. The predicted molar refractivity (Wildman–Crippen MR) is 55.5 cm³/mol. The molecular weight excluding hydrogens is 215 g/mol. The Morgan fingerprint density at radius 2 is 1.83 bits per heavy atom. The molecule has 0 aromatic heterocycles. The van der Waals surface area contributed by atoms with Crippen molar-refractivity contribution in [3.8, 4) is 5.75 Å². The Bertz CT molecular complexity index is 245. The summed E-state index contributed by atoms with van der Waals surface area (Å²) in [5, 5.41) is 1.19. The van der Waals surface area contributed by atoms with Crippen molar-refractivity contribution < 1.29 is 4.74 Å². The van der Waals surface area contributed by atoms with Crippen LogP contribution in [0.5, 0.6) is 5.75 Å². The fourth-order valence-corrected chi connectivity index (χ4v) is 1.50. The molecule has 0 aliphatic carbocycles. The molecule has 1 nitrogen and oxygen atoms in total. The summed E-state index contributed by atoms with van der Waals surface area (Å²) in [5.74, 6) is 1.32. The molecule has 0 unspecified atom stereocenters. The fourth-order valence-electron chi connectivity index (χ4n) is 0.739. The Kier molecular flexibility index (Phi) is 4.06. The van der Waals surface area contributed by atoms with Gasteiger partial charge in [-0.05, 0) is 24.5 Å². The molecule has 0 bridgehead atoms. The van der Waals surface area contributed by atoms with Crippen LogP contribution < -0.4 is 4.74 Å². The molecule has 0 aliphatic rings. The fraction of sp³-hybridized carbons (Fsp3) is 0.250. The molecule has 1 aromatic carbocycles. The second-order valence-electron chi connectivity index (χ2n) is 2.16. The van der Waals surface area contributed by atoms with Gasteiger partial charge in [-0.15, -0.1) is 11.8 Å². The standard InChI is InChI=1S/C8H8Cl2OS/c1-12-5-11-8-3-6(9)2-7(10)4-8/h2-4H,5H2,1H3. The third-order valence-electron chi connectivity index (χ3n) is 1.18. The van der Waals surface area contributed by atoms with Gasteiger partial charge in [0.05, 0.1) is 0 Å². The Labute approximate surface area is 86.0 Å². The van der Waals surface area contributed by atoms with Crippen molar-refractivity contribution in [1.82, 2.24) is 0 Å². The van der Waals surface area contributed by atoms with Crippen LogP contribution in [0.3, 0.4) is 0 Å². The van der Waals surface area contributed by atoms with Gasteiger partial charge in [0.25, 0.3) is 0 Å². The monoisotopic (exact) mass is 222 g/mol. The highest BCUT2D eigenvalue weighted by Crippen LogP contribution is 2.24. The van der Waals surface area contributed by atoms with E-state index < -0.39 is 0 Å². The maximum Gasteiger partial charge on any atom is 0.133 e. The molecule has 0 heterocycles. The van der Waals surface area contributed by atoms with E-state index in [9.17, 15) is 0 Å². The van der Waals surface area contributed by atoms with Gasteiger partial charge >= 0.3 is 0 Å². The average Bonchev–Trinajstić information content (AvgIpc) is 1.99. The Hall–Kier alpha value is -0.0500. The van der Waals surface area contributed by atoms with Crippen LogP contribution in [0.4, 0.5) is 0 Å². The van der Waals surface area contributed by atoms with Crippen molar-refractivity contribution in [3.63, 3.8) is 0 Å². The zero-order valence-corrected chi connectivity index (χ0v) is 8.84. The Morgan fingerprint density at radius 1 is 1.25 bits per heavy atom. The van der Waals surface area contributed by atoms with E-state index >= 15 is 0 Å². The van der Waals surface area contributed by atoms with Crippen LogP contribution in [0.1, 0.15) is 0 Å². The van der Waals surface area contributed by atoms with Crippen LogP contribution in [-0.2, 0) is 0 Å². The number of rotatable bonds is 3. The van der Waals surface area contributed by atoms with E-state index in [2.05, 4.69) is 0 Å². The minimum absolute atomic E-state index is 0.596. The van der Waals surface area contributed by atoms with Crippen molar-refractivity contribution in [3.05, 3.63) is 28.2 Å². The summed E-state index contributed by atoms with van der Waals surface area (Å²) in [4.78, 5) is 0. The summed E-state index contributed by atoms with van der Waals surface area (Å²) in [6, 6.07) is 5.16. The lowest BCUT2D eigenvalue weighted by Crippen LogP contribution is -1.90. The molecule has 66 valence electrons. The van der Waals surface area contributed by atoms with E-state index in [-0.39, 0.29) is 0 Å². The second kappa shape index (κ2) is 4.85. The first-order valence-corrected chi connectivity index (χ1v) is 5.45. The first-order valence-electron chi connectivity index (χ1n) is 3.30. The molecule has 0 saturated carbocycles. The van der Waals surface area contributed by atoms with Gasteiger partial charge in [0, 0.05) is 10.0 Å². The normalized spacial score (nSPS) is 9.92. The molecule has 0 N–H and O–H groups in total. The zero-order chi connectivity index (χ0) is 8.97. The van der Waals surface area contributed by atoms with Gasteiger partial charge in [-0.25, -0.2) is 0 Å². The molecule has 0 amide bonds. The van der Waals surface area contributed by atoms with Gasteiger partial charge in [0.1, 0.15) is 11.7 Å². The maximum absolute atomic E-state index is 5.76. The zero-order valence-electron chi connectivity index (χ0n) is 6.51. The number of thioether (sulfide) groups is 1. The first kappa shape index (κ1) is 10.0. The summed E-state index contributed by atoms with van der Waals surface area (Å²) in [5.41, 5.74) is 0. The summed E-state index contributed by atoms with van der Waals surface area (Å²) >= 11 is 13.1. The molecular formula is C8H8Cl2OS. The largest absolute Gasteiger partial charge is 0.483 e. The van der Waals surface area contributed by atoms with E-state index in [1.54, 1.807) is 30.0 Å². The highest BCUT2D eigenvalue weighted by atomic mass is 35.5. The van der Waals surface area contributed by atoms with Crippen LogP contribution in [0.25, 0.3) is 0 Å². The molecule has 1 rings (SSSR count). The third-order valence-corrected chi connectivity index (χ3v) is 1.97. The number of hydrogen-bond donors (Lipinski definition) is 0. The van der Waals surface area contributed by atoms with E-state index in [0.717, 1.165) is 0 Å².